The van der Waals surface area contributed by atoms with Gasteiger partial charge in [-0.2, -0.15) is 0 Å². The molecular formula is C25H30O5. The lowest BCUT2D eigenvalue weighted by molar-refractivity contribution is -0.133. The number of allylic oxidation sites excluding steroid dienone is 3. The number of carbonyl (C=O) groups is 2. The van der Waals surface area contributed by atoms with Crippen molar-refractivity contribution in [3.63, 3.8) is 0 Å². The van der Waals surface area contributed by atoms with Gasteiger partial charge in [0.1, 0.15) is 11.9 Å². The van der Waals surface area contributed by atoms with E-state index in [2.05, 4.69) is 20.8 Å². The van der Waals surface area contributed by atoms with Crippen LogP contribution in [0.5, 0.6) is 0 Å². The average Bonchev–Trinajstić information content (AvgIpc) is 3.31. The molecule has 0 aliphatic heterocycles. The number of esters is 1. The van der Waals surface area contributed by atoms with Gasteiger partial charge in [0, 0.05) is 11.5 Å². The highest BCUT2D eigenvalue weighted by Gasteiger charge is 2.63. The molecule has 0 amide bonds. The summed E-state index contributed by atoms with van der Waals surface area (Å²) >= 11 is 0. The fourth-order valence-electron chi connectivity index (χ4n) is 7.43. The van der Waals surface area contributed by atoms with Gasteiger partial charge >= 0.3 is 5.97 Å². The summed E-state index contributed by atoms with van der Waals surface area (Å²) in [6.45, 7) is 6.54. The first-order valence-electron chi connectivity index (χ1n) is 11.2. The van der Waals surface area contributed by atoms with Crippen molar-refractivity contribution in [2.75, 3.05) is 0 Å². The average molecular weight is 411 g/mol. The molecule has 160 valence electrons. The van der Waals surface area contributed by atoms with E-state index in [1.807, 2.05) is 6.08 Å². The number of fused-ring (bicyclic) bond motifs is 5. The van der Waals surface area contributed by atoms with Crippen LogP contribution in [-0.4, -0.2) is 23.0 Å². The molecule has 5 nitrogen and oxygen atoms in total. The van der Waals surface area contributed by atoms with E-state index >= 15 is 0 Å². The van der Waals surface area contributed by atoms with Gasteiger partial charge in [0.25, 0.3) is 0 Å². The first-order valence-corrected chi connectivity index (χ1v) is 11.2. The van der Waals surface area contributed by atoms with Crippen LogP contribution in [0.15, 0.2) is 46.3 Å². The standard InChI is InChI=1S/C25H30O5/c1-14-11-19-17-7-6-15-12-16(26)13-21(27)25(15,3)18(17)8-9-24(19,2)22(14)30-23(28)20-5-4-10-29-20/h4-5,10,12-14,17-19,22,26H,6-9,11H2,1-3H3/t14?,17-,18+,19+,22?,24+,25+/m1/s1. The van der Waals surface area contributed by atoms with Crippen LogP contribution in [0, 0.1) is 34.5 Å². The van der Waals surface area contributed by atoms with Gasteiger partial charge < -0.3 is 14.3 Å². The fraction of sp³-hybridized carbons (Fsp3) is 0.600. The third-order valence-electron chi connectivity index (χ3n) is 8.89. The third kappa shape index (κ3) is 2.60. The molecule has 0 radical (unpaired) electrons. The number of ketones is 1. The molecule has 3 fully saturated rings. The zero-order chi connectivity index (χ0) is 21.3. The number of rotatable bonds is 2. The van der Waals surface area contributed by atoms with Crippen molar-refractivity contribution in [3.8, 4) is 0 Å². The summed E-state index contributed by atoms with van der Waals surface area (Å²) in [6.07, 6.45) is 9.33. The van der Waals surface area contributed by atoms with Crippen molar-refractivity contribution in [1.82, 2.24) is 0 Å². The Hall–Kier alpha value is -2.30. The van der Waals surface area contributed by atoms with Gasteiger partial charge in [-0.05, 0) is 80.9 Å². The molecule has 4 aliphatic rings. The topological polar surface area (TPSA) is 76.7 Å². The first-order chi connectivity index (χ1) is 14.2. The highest BCUT2D eigenvalue weighted by atomic mass is 16.6. The second-order valence-corrected chi connectivity index (χ2v) is 10.3. The van der Waals surface area contributed by atoms with Gasteiger partial charge in [-0.15, -0.1) is 0 Å². The molecule has 0 bridgehead atoms. The third-order valence-corrected chi connectivity index (χ3v) is 8.89. The molecule has 0 spiro atoms. The van der Waals surface area contributed by atoms with Crippen LogP contribution >= 0.6 is 0 Å². The highest BCUT2D eigenvalue weighted by Crippen LogP contribution is 2.66. The molecule has 4 aliphatic carbocycles. The van der Waals surface area contributed by atoms with Gasteiger partial charge in [-0.3, -0.25) is 4.79 Å². The number of aliphatic hydroxyl groups is 1. The Morgan fingerprint density at radius 2 is 2.03 bits per heavy atom. The van der Waals surface area contributed by atoms with Crippen molar-refractivity contribution < 1.29 is 23.8 Å². The van der Waals surface area contributed by atoms with Crippen LogP contribution in [0.4, 0.5) is 0 Å². The Bertz CT molecular complexity index is 941. The Morgan fingerprint density at radius 1 is 1.23 bits per heavy atom. The summed E-state index contributed by atoms with van der Waals surface area (Å²) in [6, 6.07) is 3.35. The molecule has 2 unspecified atom stereocenters. The summed E-state index contributed by atoms with van der Waals surface area (Å²) in [5.41, 5.74) is 0.489. The smallest absolute Gasteiger partial charge is 0.374 e. The minimum absolute atomic E-state index is 0.0441. The fourth-order valence-corrected chi connectivity index (χ4v) is 7.43. The molecule has 0 aromatic carbocycles. The van der Waals surface area contributed by atoms with Crippen molar-refractivity contribution in [3.05, 3.63) is 47.6 Å². The molecule has 1 N–H and O–H groups in total. The quantitative estimate of drug-likeness (QED) is 0.674. The molecule has 1 heterocycles. The lowest BCUT2D eigenvalue weighted by Gasteiger charge is -2.56. The minimum atomic E-state index is -0.511. The van der Waals surface area contributed by atoms with Crippen molar-refractivity contribution in [1.29, 1.82) is 0 Å². The number of aliphatic hydroxyl groups excluding tert-OH is 1. The summed E-state index contributed by atoms with van der Waals surface area (Å²) in [4.78, 5) is 25.7. The van der Waals surface area contributed by atoms with Gasteiger partial charge in [-0.1, -0.05) is 19.4 Å². The molecule has 7 atom stereocenters. The van der Waals surface area contributed by atoms with Gasteiger partial charge in [-0.25, -0.2) is 4.79 Å². The summed E-state index contributed by atoms with van der Waals surface area (Å²) in [5, 5.41) is 9.96. The van der Waals surface area contributed by atoms with E-state index in [-0.39, 0.29) is 46.6 Å². The van der Waals surface area contributed by atoms with Crippen molar-refractivity contribution >= 4 is 11.8 Å². The lowest BCUT2D eigenvalue weighted by atomic mass is 9.47. The van der Waals surface area contributed by atoms with Crippen molar-refractivity contribution in [2.45, 2.75) is 59.0 Å². The molecule has 5 rings (SSSR count). The normalized spacial score (nSPS) is 42.5. The predicted octanol–water partition coefficient (Wildman–Crippen LogP) is 5.24. The number of furan rings is 1. The van der Waals surface area contributed by atoms with E-state index in [1.54, 1.807) is 12.1 Å². The van der Waals surface area contributed by atoms with Crippen LogP contribution in [0.2, 0.25) is 0 Å². The second kappa shape index (κ2) is 6.60. The maximum Gasteiger partial charge on any atom is 0.374 e. The molecule has 0 saturated heterocycles. The van der Waals surface area contributed by atoms with Crippen LogP contribution in [0.25, 0.3) is 0 Å². The van der Waals surface area contributed by atoms with Crippen LogP contribution in [-0.2, 0) is 9.53 Å². The second-order valence-electron chi connectivity index (χ2n) is 10.3. The molecule has 1 aromatic rings. The van der Waals surface area contributed by atoms with Gasteiger partial charge in [0.05, 0.1) is 11.7 Å². The predicted molar refractivity (Wildman–Crippen MR) is 111 cm³/mol. The van der Waals surface area contributed by atoms with E-state index in [9.17, 15) is 14.7 Å². The van der Waals surface area contributed by atoms with E-state index < -0.39 is 5.41 Å². The van der Waals surface area contributed by atoms with E-state index in [0.29, 0.717) is 11.8 Å². The zero-order valence-corrected chi connectivity index (χ0v) is 17.9. The largest absolute Gasteiger partial charge is 0.508 e. The number of hydrogen-bond donors (Lipinski definition) is 1. The number of carbonyl (C=O) groups excluding carboxylic acids is 2. The summed E-state index contributed by atoms with van der Waals surface area (Å²) in [5.74, 6) is 1.40. The molecule has 30 heavy (non-hydrogen) atoms. The van der Waals surface area contributed by atoms with E-state index in [1.165, 1.54) is 12.3 Å². The molecular weight excluding hydrogens is 380 g/mol. The highest BCUT2D eigenvalue weighted by molar-refractivity contribution is 5.99. The zero-order valence-electron chi connectivity index (χ0n) is 17.9. The number of ether oxygens (including phenoxy) is 1. The SMILES string of the molecule is CC1C[C@H]2[C@@H]3CCC4=CC(O)=CC(=O)[C@]4(C)[C@H]3CC[C@]2(C)C1OC(=O)c1ccco1. The minimum Gasteiger partial charge on any atom is -0.508 e. The molecule has 5 heteroatoms. The van der Waals surface area contributed by atoms with Crippen LogP contribution in [0.1, 0.15) is 63.4 Å². The van der Waals surface area contributed by atoms with Crippen LogP contribution in [0.3, 0.4) is 0 Å². The summed E-state index contributed by atoms with van der Waals surface area (Å²) < 4.78 is 11.3. The molecule has 1 aromatic heterocycles. The maximum atomic E-state index is 13.0. The van der Waals surface area contributed by atoms with Gasteiger partial charge in [0.2, 0.25) is 5.76 Å². The van der Waals surface area contributed by atoms with E-state index in [4.69, 9.17) is 9.15 Å². The first kappa shape index (κ1) is 19.7. The van der Waals surface area contributed by atoms with E-state index in [0.717, 1.165) is 37.7 Å². The maximum absolute atomic E-state index is 13.0. The Kier molecular flexibility index (Phi) is 4.32. The Labute approximate surface area is 177 Å². The molecule has 3 saturated carbocycles. The summed E-state index contributed by atoms with van der Waals surface area (Å²) in [7, 11) is 0. The number of hydrogen-bond acceptors (Lipinski definition) is 5. The monoisotopic (exact) mass is 410 g/mol. The lowest BCUT2D eigenvalue weighted by Crippen LogP contribution is -2.53. The van der Waals surface area contributed by atoms with Crippen molar-refractivity contribution in [2.24, 2.45) is 34.5 Å². The Morgan fingerprint density at radius 3 is 2.77 bits per heavy atom. The van der Waals surface area contributed by atoms with Crippen LogP contribution < -0.4 is 0 Å². The Balaban J connectivity index is 1.43. The van der Waals surface area contributed by atoms with Gasteiger partial charge in [0.15, 0.2) is 5.78 Å².